The minimum atomic E-state index is -1.09. The molecule has 0 bridgehead atoms. The fourth-order valence-corrected chi connectivity index (χ4v) is 1.57. The molecule has 92 valence electrons. The van der Waals surface area contributed by atoms with E-state index in [4.69, 9.17) is 17.3 Å². The molecule has 0 unspecified atom stereocenters. The standard InChI is InChI=1S/C11H12ClIN2O2/c1-11(2,10(14)17)15-9(16)6-3-4-8(13)7(12)5-6/h3-5H,1-2H3,(H2,14,17)(H,15,16). The van der Waals surface area contributed by atoms with Crippen molar-refractivity contribution in [2.45, 2.75) is 19.4 Å². The molecule has 1 rings (SSSR count). The quantitative estimate of drug-likeness (QED) is 0.803. The van der Waals surface area contributed by atoms with Gasteiger partial charge in [0.2, 0.25) is 5.91 Å². The third kappa shape index (κ3) is 3.57. The molecule has 0 aromatic heterocycles. The predicted molar refractivity (Wildman–Crippen MR) is 74.9 cm³/mol. The third-order valence-electron chi connectivity index (χ3n) is 2.22. The summed E-state index contributed by atoms with van der Waals surface area (Å²) in [6.07, 6.45) is 0. The van der Waals surface area contributed by atoms with E-state index >= 15 is 0 Å². The smallest absolute Gasteiger partial charge is 0.252 e. The van der Waals surface area contributed by atoms with Crippen molar-refractivity contribution in [1.82, 2.24) is 5.32 Å². The summed E-state index contributed by atoms with van der Waals surface area (Å²) in [7, 11) is 0. The van der Waals surface area contributed by atoms with Crippen molar-refractivity contribution in [1.29, 1.82) is 0 Å². The third-order valence-corrected chi connectivity index (χ3v) is 3.80. The fourth-order valence-electron chi connectivity index (χ4n) is 1.05. The summed E-state index contributed by atoms with van der Waals surface area (Å²) in [4.78, 5) is 22.9. The topological polar surface area (TPSA) is 72.2 Å². The van der Waals surface area contributed by atoms with Gasteiger partial charge in [-0.15, -0.1) is 0 Å². The predicted octanol–water partition coefficient (Wildman–Crippen LogP) is 1.94. The van der Waals surface area contributed by atoms with Gasteiger partial charge in [-0.2, -0.15) is 0 Å². The van der Waals surface area contributed by atoms with Crippen LogP contribution in [0, 0.1) is 3.57 Å². The van der Waals surface area contributed by atoms with Crippen LogP contribution in [0.5, 0.6) is 0 Å². The van der Waals surface area contributed by atoms with Crippen LogP contribution in [-0.2, 0) is 4.79 Å². The second-order valence-electron chi connectivity index (χ2n) is 4.07. The molecular weight excluding hydrogens is 354 g/mol. The zero-order chi connectivity index (χ0) is 13.2. The highest BCUT2D eigenvalue weighted by Crippen LogP contribution is 2.19. The molecule has 0 saturated heterocycles. The Hall–Kier alpha value is -0.820. The van der Waals surface area contributed by atoms with Gasteiger partial charge in [-0.25, -0.2) is 0 Å². The molecule has 0 radical (unpaired) electrons. The number of amides is 2. The second kappa shape index (κ2) is 5.22. The van der Waals surface area contributed by atoms with Crippen LogP contribution in [0.15, 0.2) is 18.2 Å². The molecule has 0 fully saturated rings. The number of halogens is 2. The maximum atomic E-state index is 11.8. The number of nitrogens with two attached hydrogens (primary N) is 1. The Morgan fingerprint density at radius 2 is 2.00 bits per heavy atom. The maximum Gasteiger partial charge on any atom is 0.252 e. The first-order valence-electron chi connectivity index (χ1n) is 4.81. The van der Waals surface area contributed by atoms with Gasteiger partial charge in [-0.05, 0) is 54.6 Å². The first-order chi connectivity index (χ1) is 7.74. The van der Waals surface area contributed by atoms with Crippen molar-refractivity contribution in [3.63, 3.8) is 0 Å². The molecule has 3 N–H and O–H groups in total. The van der Waals surface area contributed by atoms with Crippen LogP contribution in [0.2, 0.25) is 5.02 Å². The monoisotopic (exact) mass is 366 g/mol. The molecule has 1 aromatic carbocycles. The number of nitrogens with one attached hydrogen (secondary N) is 1. The minimum Gasteiger partial charge on any atom is -0.368 e. The van der Waals surface area contributed by atoms with Crippen LogP contribution in [-0.4, -0.2) is 17.4 Å². The molecule has 0 aliphatic heterocycles. The largest absolute Gasteiger partial charge is 0.368 e. The van der Waals surface area contributed by atoms with Gasteiger partial charge in [0.1, 0.15) is 5.54 Å². The van der Waals surface area contributed by atoms with Crippen molar-refractivity contribution in [3.8, 4) is 0 Å². The van der Waals surface area contributed by atoms with Gasteiger partial charge in [-0.3, -0.25) is 9.59 Å². The first kappa shape index (κ1) is 14.2. The van der Waals surface area contributed by atoms with Crippen molar-refractivity contribution in [2.75, 3.05) is 0 Å². The van der Waals surface area contributed by atoms with Crippen molar-refractivity contribution < 1.29 is 9.59 Å². The molecule has 0 atom stereocenters. The van der Waals surface area contributed by atoms with Gasteiger partial charge >= 0.3 is 0 Å². The zero-order valence-electron chi connectivity index (χ0n) is 9.38. The molecule has 0 heterocycles. The lowest BCUT2D eigenvalue weighted by atomic mass is 10.0. The van der Waals surface area contributed by atoms with E-state index in [1.54, 1.807) is 32.0 Å². The van der Waals surface area contributed by atoms with Crippen molar-refractivity contribution in [2.24, 2.45) is 5.73 Å². The summed E-state index contributed by atoms with van der Waals surface area (Å²) in [5.74, 6) is -0.977. The Morgan fingerprint density at radius 3 is 2.47 bits per heavy atom. The number of hydrogen-bond donors (Lipinski definition) is 2. The highest BCUT2D eigenvalue weighted by atomic mass is 127. The van der Waals surface area contributed by atoms with Gasteiger partial charge in [0, 0.05) is 9.13 Å². The Bertz CT molecular complexity index is 475. The SMILES string of the molecule is CC(C)(NC(=O)c1ccc(I)c(Cl)c1)C(N)=O. The van der Waals surface area contributed by atoms with Crippen LogP contribution >= 0.6 is 34.2 Å². The van der Waals surface area contributed by atoms with Gasteiger partial charge in [-0.1, -0.05) is 11.6 Å². The number of benzene rings is 1. The fraction of sp³-hybridized carbons (Fsp3) is 0.273. The Balaban J connectivity index is 2.91. The van der Waals surface area contributed by atoms with E-state index < -0.39 is 11.4 Å². The van der Waals surface area contributed by atoms with E-state index in [0.717, 1.165) is 3.57 Å². The number of carbonyl (C=O) groups is 2. The molecule has 2 amide bonds. The highest BCUT2D eigenvalue weighted by molar-refractivity contribution is 14.1. The number of hydrogen-bond acceptors (Lipinski definition) is 2. The van der Waals surface area contributed by atoms with E-state index in [1.807, 2.05) is 0 Å². The lowest BCUT2D eigenvalue weighted by Gasteiger charge is -2.22. The molecule has 1 aromatic rings. The molecule has 6 heteroatoms. The second-order valence-corrected chi connectivity index (χ2v) is 5.64. The number of rotatable bonds is 3. The molecule has 0 saturated carbocycles. The van der Waals surface area contributed by atoms with Gasteiger partial charge in [0.25, 0.3) is 5.91 Å². The van der Waals surface area contributed by atoms with Gasteiger partial charge in [0.05, 0.1) is 5.02 Å². The summed E-state index contributed by atoms with van der Waals surface area (Å²) in [5, 5.41) is 3.04. The van der Waals surface area contributed by atoms with E-state index in [0.29, 0.717) is 10.6 Å². The Morgan fingerprint density at radius 1 is 1.41 bits per heavy atom. The maximum absolute atomic E-state index is 11.8. The van der Waals surface area contributed by atoms with Crippen LogP contribution < -0.4 is 11.1 Å². The summed E-state index contributed by atoms with van der Waals surface area (Å²) in [5.41, 5.74) is 4.47. The molecule has 0 aliphatic carbocycles. The van der Waals surface area contributed by atoms with Gasteiger partial charge < -0.3 is 11.1 Å². The van der Waals surface area contributed by atoms with E-state index in [9.17, 15) is 9.59 Å². The Labute approximate surface area is 118 Å². The summed E-state index contributed by atoms with van der Waals surface area (Å²) in [6, 6.07) is 4.92. The number of primary amides is 1. The Kier molecular flexibility index (Phi) is 4.37. The van der Waals surface area contributed by atoms with Crippen LogP contribution in [0.1, 0.15) is 24.2 Å². The van der Waals surface area contributed by atoms with E-state index in [-0.39, 0.29) is 5.91 Å². The average molecular weight is 367 g/mol. The van der Waals surface area contributed by atoms with Crippen LogP contribution in [0.25, 0.3) is 0 Å². The lowest BCUT2D eigenvalue weighted by Crippen LogP contribution is -2.53. The van der Waals surface area contributed by atoms with Crippen molar-refractivity contribution in [3.05, 3.63) is 32.4 Å². The summed E-state index contributed by atoms with van der Waals surface area (Å²) < 4.78 is 0.856. The average Bonchev–Trinajstić information content (AvgIpc) is 2.21. The van der Waals surface area contributed by atoms with Gasteiger partial charge in [0.15, 0.2) is 0 Å². The van der Waals surface area contributed by atoms with E-state index in [1.165, 1.54) is 0 Å². The molecule has 0 aliphatic rings. The minimum absolute atomic E-state index is 0.382. The number of carbonyl (C=O) groups excluding carboxylic acids is 2. The van der Waals surface area contributed by atoms with Crippen LogP contribution in [0.4, 0.5) is 0 Å². The molecule has 0 spiro atoms. The zero-order valence-corrected chi connectivity index (χ0v) is 12.3. The normalized spacial score (nSPS) is 11.1. The first-order valence-corrected chi connectivity index (χ1v) is 6.27. The molecule has 4 nitrogen and oxygen atoms in total. The highest BCUT2D eigenvalue weighted by Gasteiger charge is 2.27. The molecule has 17 heavy (non-hydrogen) atoms. The van der Waals surface area contributed by atoms with E-state index in [2.05, 4.69) is 27.9 Å². The lowest BCUT2D eigenvalue weighted by molar-refractivity contribution is -0.122. The van der Waals surface area contributed by atoms with Crippen LogP contribution in [0.3, 0.4) is 0 Å². The molecular formula is C11H12ClIN2O2. The summed E-state index contributed by atoms with van der Waals surface area (Å²) in [6.45, 7) is 3.09. The summed E-state index contributed by atoms with van der Waals surface area (Å²) >= 11 is 7.98. The van der Waals surface area contributed by atoms with Crippen molar-refractivity contribution >= 4 is 46.0 Å².